The van der Waals surface area contributed by atoms with E-state index in [9.17, 15) is 4.79 Å². The molecule has 1 heterocycles. The van der Waals surface area contributed by atoms with E-state index >= 15 is 0 Å². The topological polar surface area (TPSA) is 89.3 Å². The predicted octanol–water partition coefficient (Wildman–Crippen LogP) is 3.06. The number of halogens is 1. The molecule has 7 heteroatoms. The van der Waals surface area contributed by atoms with Crippen LogP contribution in [0.4, 0.5) is 16.3 Å². The molecule has 1 aromatic heterocycles. The Morgan fingerprint density at radius 2 is 2.10 bits per heavy atom. The minimum Gasteiger partial charge on any atom is -0.444 e. The summed E-state index contributed by atoms with van der Waals surface area (Å²) in [5.41, 5.74) is 6.90. The molecule has 1 aromatic rings. The molecule has 0 radical (unpaired) electrons. The fraction of sp³-hybridized carbons (Fsp3) is 0.571. The average Bonchev–Trinajstić information content (AvgIpc) is 2.36. The Hall–Kier alpha value is -1.50. The lowest BCUT2D eigenvalue weighted by molar-refractivity contribution is 0.0528. The summed E-state index contributed by atoms with van der Waals surface area (Å²) in [6, 6.07) is 0. The molecule has 1 amide bonds. The number of carbonyl (C=O) groups is 1. The van der Waals surface area contributed by atoms with Gasteiger partial charge in [0.05, 0.1) is 16.4 Å². The Morgan fingerprint density at radius 3 is 2.71 bits per heavy atom. The highest BCUT2D eigenvalue weighted by molar-refractivity contribution is 9.10. The minimum atomic E-state index is -0.474. The minimum absolute atomic E-state index is 0.398. The molecule has 0 spiro atoms. The van der Waals surface area contributed by atoms with Crippen LogP contribution in [0.25, 0.3) is 0 Å². The van der Waals surface area contributed by atoms with Gasteiger partial charge in [0.25, 0.3) is 0 Å². The maximum absolute atomic E-state index is 11.4. The standard InChI is InChI=1S/C14H23BrN4O2/c1-9-10(16)8-19-12(11(9)15)17-6-5-7-18-13(20)21-14(2,3)4/h8H,5-7,16H2,1-4H3,(H,17,19)(H,18,20). The number of nitrogen functional groups attached to an aromatic ring is 1. The molecule has 0 atom stereocenters. The first-order valence-electron chi connectivity index (χ1n) is 6.82. The Balaban J connectivity index is 2.29. The summed E-state index contributed by atoms with van der Waals surface area (Å²) in [7, 11) is 0. The lowest BCUT2D eigenvalue weighted by Crippen LogP contribution is -2.33. The first-order valence-corrected chi connectivity index (χ1v) is 7.61. The zero-order valence-corrected chi connectivity index (χ0v) is 14.5. The van der Waals surface area contributed by atoms with Crippen molar-refractivity contribution in [2.75, 3.05) is 24.1 Å². The van der Waals surface area contributed by atoms with E-state index in [2.05, 4.69) is 31.5 Å². The smallest absolute Gasteiger partial charge is 0.407 e. The molecule has 0 saturated carbocycles. The normalized spacial score (nSPS) is 11.1. The number of nitrogens with two attached hydrogens (primary N) is 1. The number of hydrogen-bond donors (Lipinski definition) is 3. The molecule has 0 bridgehead atoms. The number of rotatable bonds is 5. The van der Waals surface area contributed by atoms with Crippen LogP contribution < -0.4 is 16.4 Å². The Kier molecular flexibility index (Phi) is 6.26. The van der Waals surface area contributed by atoms with E-state index in [1.165, 1.54) is 0 Å². The molecule has 1 rings (SSSR count). The van der Waals surface area contributed by atoms with Crippen molar-refractivity contribution in [3.05, 3.63) is 16.2 Å². The summed E-state index contributed by atoms with van der Waals surface area (Å²) < 4.78 is 6.01. The molecular formula is C14H23BrN4O2. The molecule has 0 aliphatic heterocycles. The first-order chi connectivity index (χ1) is 9.70. The van der Waals surface area contributed by atoms with Crippen LogP contribution in [0.1, 0.15) is 32.8 Å². The second-order valence-corrected chi connectivity index (χ2v) is 6.50. The van der Waals surface area contributed by atoms with Crippen molar-refractivity contribution in [3.8, 4) is 0 Å². The number of pyridine rings is 1. The number of nitrogens with zero attached hydrogens (tertiary/aromatic N) is 1. The van der Waals surface area contributed by atoms with E-state index in [1.807, 2.05) is 27.7 Å². The van der Waals surface area contributed by atoms with Gasteiger partial charge in [-0.05, 0) is 55.6 Å². The van der Waals surface area contributed by atoms with Crippen molar-refractivity contribution >= 4 is 33.5 Å². The van der Waals surface area contributed by atoms with Crippen LogP contribution in [0.5, 0.6) is 0 Å². The number of anilines is 2. The molecule has 21 heavy (non-hydrogen) atoms. The number of aromatic nitrogens is 1. The second kappa shape index (κ2) is 7.49. The molecule has 0 aliphatic carbocycles. The van der Waals surface area contributed by atoms with E-state index in [4.69, 9.17) is 10.5 Å². The highest BCUT2D eigenvalue weighted by Crippen LogP contribution is 2.27. The number of nitrogens with one attached hydrogen (secondary N) is 2. The number of carbonyl (C=O) groups excluding carboxylic acids is 1. The van der Waals surface area contributed by atoms with Crippen LogP contribution in [0.2, 0.25) is 0 Å². The molecule has 118 valence electrons. The largest absolute Gasteiger partial charge is 0.444 e. The van der Waals surface area contributed by atoms with Gasteiger partial charge < -0.3 is 21.1 Å². The van der Waals surface area contributed by atoms with Gasteiger partial charge in [0.1, 0.15) is 11.4 Å². The average molecular weight is 359 g/mol. The van der Waals surface area contributed by atoms with Crippen LogP contribution >= 0.6 is 15.9 Å². The second-order valence-electron chi connectivity index (χ2n) is 5.71. The van der Waals surface area contributed by atoms with Crippen molar-refractivity contribution in [1.82, 2.24) is 10.3 Å². The van der Waals surface area contributed by atoms with Crippen LogP contribution in [-0.4, -0.2) is 29.8 Å². The van der Waals surface area contributed by atoms with Gasteiger partial charge in [-0.15, -0.1) is 0 Å². The van der Waals surface area contributed by atoms with Gasteiger partial charge in [-0.2, -0.15) is 0 Å². The summed E-state index contributed by atoms with van der Waals surface area (Å²) in [6.45, 7) is 8.65. The van der Waals surface area contributed by atoms with Gasteiger partial charge in [-0.1, -0.05) is 0 Å². The van der Waals surface area contributed by atoms with Gasteiger partial charge in [0, 0.05) is 13.1 Å². The van der Waals surface area contributed by atoms with Crippen molar-refractivity contribution in [2.24, 2.45) is 0 Å². The van der Waals surface area contributed by atoms with E-state index in [0.717, 1.165) is 22.3 Å². The SMILES string of the molecule is Cc1c(N)cnc(NCCCNC(=O)OC(C)(C)C)c1Br. The molecule has 6 nitrogen and oxygen atoms in total. The summed E-state index contributed by atoms with van der Waals surface area (Å²) in [5, 5.41) is 5.90. The summed E-state index contributed by atoms with van der Waals surface area (Å²) in [5.74, 6) is 0.749. The molecule has 0 fully saturated rings. The lowest BCUT2D eigenvalue weighted by Gasteiger charge is -2.19. The zero-order valence-electron chi connectivity index (χ0n) is 12.9. The highest BCUT2D eigenvalue weighted by atomic mass is 79.9. The maximum atomic E-state index is 11.4. The van der Waals surface area contributed by atoms with Crippen LogP contribution in [0.15, 0.2) is 10.7 Å². The fourth-order valence-corrected chi connectivity index (χ4v) is 1.99. The third-order valence-electron chi connectivity index (χ3n) is 2.62. The molecule has 0 saturated heterocycles. The van der Waals surface area contributed by atoms with Gasteiger partial charge in [0.15, 0.2) is 0 Å². The number of ether oxygens (including phenoxy) is 1. The van der Waals surface area contributed by atoms with E-state index < -0.39 is 11.7 Å². The first kappa shape index (κ1) is 17.6. The van der Waals surface area contributed by atoms with Crippen LogP contribution in [0, 0.1) is 6.92 Å². The van der Waals surface area contributed by atoms with E-state index in [0.29, 0.717) is 18.8 Å². The van der Waals surface area contributed by atoms with Crippen molar-refractivity contribution in [3.63, 3.8) is 0 Å². The fourth-order valence-electron chi connectivity index (χ4n) is 1.51. The molecule has 4 N–H and O–H groups in total. The number of amides is 1. The third-order valence-corrected chi connectivity index (χ3v) is 3.59. The van der Waals surface area contributed by atoms with Gasteiger partial charge in [-0.3, -0.25) is 0 Å². The van der Waals surface area contributed by atoms with Crippen molar-refractivity contribution < 1.29 is 9.53 Å². The van der Waals surface area contributed by atoms with Gasteiger partial charge in [0.2, 0.25) is 0 Å². The zero-order chi connectivity index (χ0) is 16.0. The summed E-state index contributed by atoms with van der Waals surface area (Å²) >= 11 is 3.46. The molecule has 0 aliphatic rings. The highest BCUT2D eigenvalue weighted by Gasteiger charge is 2.15. The maximum Gasteiger partial charge on any atom is 0.407 e. The Labute approximate surface area is 134 Å². The van der Waals surface area contributed by atoms with Gasteiger partial charge >= 0.3 is 6.09 Å². The van der Waals surface area contributed by atoms with E-state index in [1.54, 1.807) is 6.20 Å². The number of hydrogen-bond acceptors (Lipinski definition) is 5. The molecule has 0 unspecified atom stereocenters. The number of alkyl carbamates (subject to hydrolysis) is 1. The van der Waals surface area contributed by atoms with Crippen molar-refractivity contribution in [2.45, 2.75) is 39.7 Å². The lowest BCUT2D eigenvalue weighted by atomic mass is 10.2. The van der Waals surface area contributed by atoms with E-state index in [-0.39, 0.29) is 0 Å². The third kappa shape index (κ3) is 6.20. The monoisotopic (exact) mass is 358 g/mol. The van der Waals surface area contributed by atoms with Crippen molar-refractivity contribution in [1.29, 1.82) is 0 Å². The predicted molar refractivity (Wildman–Crippen MR) is 88.4 cm³/mol. The molecule has 0 aromatic carbocycles. The van der Waals surface area contributed by atoms with Crippen LogP contribution in [-0.2, 0) is 4.74 Å². The Bertz CT molecular complexity index is 500. The van der Waals surface area contributed by atoms with Crippen LogP contribution in [0.3, 0.4) is 0 Å². The summed E-state index contributed by atoms with van der Waals surface area (Å²) in [4.78, 5) is 15.7. The Morgan fingerprint density at radius 1 is 1.43 bits per heavy atom. The van der Waals surface area contributed by atoms with Gasteiger partial charge in [-0.25, -0.2) is 9.78 Å². The summed E-state index contributed by atoms with van der Waals surface area (Å²) in [6.07, 6.45) is 1.99. The molecular weight excluding hydrogens is 336 g/mol. The quantitative estimate of drug-likeness (QED) is 0.703.